The van der Waals surface area contributed by atoms with Crippen LogP contribution in [0.3, 0.4) is 0 Å². The lowest BCUT2D eigenvalue weighted by Crippen LogP contribution is -2.63. The number of hydrogen-bond donors (Lipinski definition) is 12. The molecule has 23 nitrogen and oxygen atoms in total. The van der Waals surface area contributed by atoms with Crippen LogP contribution >= 0.6 is 0 Å². The number of carboxylic acid groups (broad SMARTS) is 1. The van der Waals surface area contributed by atoms with Crippen LogP contribution in [0, 0.1) is 0 Å². The molecule has 55 heavy (non-hydrogen) atoms. The number of rotatable bonds is 25. The number of aliphatic carboxylic acids is 1. The van der Waals surface area contributed by atoms with Crippen LogP contribution in [0.1, 0.15) is 40.5 Å². The lowest BCUT2D eigenvalue weighted by Gasteiger charge is -2.45. The molecular weight excluding hydrogens is 780 g/mol. The van der Waals surface area contributed by atoms with E-state index in [9.17, 15) is 34.8 Å². The Balaban J connectivity index is 2.23. The molecular formula is C30H58N2O21Si2. The van der Waals surface area contributed by atoms with Crippen LogP contribution in [-0.4, -0.2) is 204 Å². The molecule has 0 spiro atoms. The number of nitrogens with one attached hydrogen (secondary N) is 2. The van der Waals surface area contributed by atoms with E-state index in [0.717, 1.165) is 0 Å². The highest BCUT2D eigenvalue weighted by Gasteiger charge is 2.50. The van der Waals surface area contributed by atoms with E-state index < -0.39 is 129 Å². The Morgan fingerprint density at radius 3 is 1.60 bits per heavy atom. The third kappa shape index (κ3) is 19.0. The van der Waals surface area contributed by atoms with Crippen molar-refractivity contribution >= 4 is 35.4 Å². The van der Waals surface area contributed by atoms with Crippen molar-refractivity contribution in [1.29, 1.82) is 0 Å². The van der Waals surface area contributed by atoms with E-state index >= 15 is 0 Å². The summed E-state index contributed by atoms with van der Waals surface area (Å²) in [6.45, 7) is 3.65. The topological polar surface area (TPSA) is 351 Å². The van der Waals surface area contributed by atoms with E-state index in [-0.39, 0.29) is 50.7 Å². The minimum absolute atomic E-state index is 0.0338. The van der Waals surface area contributed by atoms with Crippen LogP contribution in [0.2, 0.25) is 12.1 Å². The van der Waals surface area contributed by atoms with Crippen molar-refractivity contribution in [3.05, 3.63) is 0 Å². The number of ether oxygens (including phenoxy) is 8. The average molecular weight is 839 g/mol. The third-order valence-corrected chi connectivity index (χ3v) is 9.97. The molecule has 0 aromatic heterocycles. The van der Waals surface area contributed by atoms with Gasteiger partial charge in [-0.1, -0.05) is 0 Å². The van der Waals surface area contributed by atoms with Crippen LogP contribution < -0.4 is 10.6 Å². The van der Waals surface area contributed by atoms with Gasteiger partial charge in [-0.3, -0.25) is 9.59 Å². The van der Waals surface area contributed by atoms with Crippen molar-refractivity contribution in [3.63, 3.8) is 0 Å². The molecule has 0 aromatic rings. The Bertz CT molecular complexity index is 1160. The minimum atomic E-state index is -4.31. The van der Waals surface area contributed by atoms with Crippen molar-refractivity contribution < 1.29 is 101 Å². The molecule has 2 fully saturated rings. The first-order valence-electron chi connectivity index (χ1n) is 17.8. The van der Waals surface area contributed by atoms with Gasteiger partial charge >= 0.3 is 23.6 Å². The summed E-state index contributed by atoms with van der Waals surface area (Å²) >= 11 is 0. The molecule has 0 aromatic carbocycles. The van der Waals surface area contributed by atoms with Crippen LogP contribution in [0.4, 0.5) is 0 Å². The molecule has 0 saturated carbocycles. The summed E-state index contributed by atoms with van der Waals surface area (Å²) in [4.78, 5) is 91.3. The van der Waals surface area contributed by atoms with Crippen LogP contribution in [-0.2, 0) is 52.3 Å². The molecule has 2 rings (SSSR count). The molecule has 0 unspecified atom stereocenters. The molecule has 322 valence electrons. The number of carboxylic acids is 1. The number of aliphatic hydroxyl groups is 3. The highest BCUT2D eigenvalue weighted by molar-refractivity contribution is 6.56. The average Bonchev–Trinajstić information content (AvgIpc) is 3.06. The smallest absolute Gasteiger partial charge is 0.480 e. The van der Waals surface area contributed by atoms with Crippen molar-refractivity contribution in [3.8, 4) is 0 Å². The largest absolute Gasteiger partial charge is 0.492 e. The van der Waals surface area contributed by atoms with Gasteiger partial charge in [0.2, 0.25) is 11.8 Å². The molecule has 2 aliphatic rings. The molecule has 0 aliphatic carbocycles. The summed E-state index contributed by atoms with van der Waals surface area (Å²) in [5, 5.41) is 47.7. The molecule has 25 heteroatoms. The second-order valence-electron chi connectivity index (χ2n) is 13.6. The van der Waals surface area contributed by atoms with Gasteiger partial charge in [0, 0.05) is 25.2 Å². The van der Waals surface area contributed by atoms with E-state index in [1.165, 1.54) is 0 Å². The number of aliphatic hydroxyl groups excluding tert-OH is 3. The lowest BCUT2D eigenvalue weighted by molar-refractivity contribution is -0.342. The van der Waals surface area contributed by atoms with Gasteiger partial charge in [0.25, 0.3) is 0 Å². The third-order valence-electron chi connectivity index (χ3n) is 7.92. The Morgan fingerprint density at radius 2 is 1.11 bits per heavy atom. The van der Waals surface area contributed by atoms with E-state index in [0.29, 0.717) is 0 Å². The summed E-state index contributed by atoms with van der Waals surface area (Å²) in [5.41, 5.74) is 0. The maximum atomic E-state index is 12.5. The van der Waals surface area contributed by atoms with E-state index in [4.69, 9.17) is 66.7 Å². The normalized spacial score (nSPS) is 29.1. The molecule has 2 saturated heterocycles. The zero-order chi connectivity index (χ0) is 41.5. The molecule has 2 aliphatic heterocycles. The fourth-order valence-electron chi connectivity index (χ4n) is 5.37. The van der Waals surface area contributed by atoms with Crippen molar-refractivity contribution in [2.45, 2.75) is 126 Å². The fraction of sp³-hybridized carbons (Fsp3) is 0.900. The second-order valence-corrected chi connectivity index (χ2v) is 17.7. The van der Waals surface area contributed by atoms with Gasteiger partial charge in [-0.05, 0) is 40.5 Å². The lowest BCUT2D eigenvalue weighted by atomic mass is 9.97. The summed E-state index contributed by atoms with van der Waals surface area (Å²) < 4.78 is 45.8. The quantitative estimate of drug-likeness (QED) is 0.0301. The first-order valence-corrected chi connectivity index (χ1v) is 21.9. The van der Waals surface area contributed by atoms with Gasteiger partial charge in [0.15, 0.2) is 12.6 Å². The van der Waals surface area contributed by atoms with E-state index in [1.54, 1.807) is 27.7 Å². The van der Waals surface area contributed by atoms with Gasteiger partial charge in [-0.2, -0.15) is 0 Å². The summed E-state index contributed by atoms with van der Waals surface area (Å²) in [7, 11) is -8.60. The Morgan fingerprint density at radius 1 is 0.618 bits per heavy atom. The molecule has 0 radical (unpaired) electrons. The van der Waals surface area contributed by atoms with Crippen LogP contribution in [0.25, 0.3) is 0 Å². The number of hydrogen-bond acceptors (Lipinski definition) is 20. The zero-order valence-corrected chi connectivity index (χ0v) is 33.2. The summed E-state index contributed by atoms with van der Waals surface area (Å²) in [6, 6.07) is -0.641. The van der Waals surface area contributed by atoms with Crippen molar-refractivity contribution in [1.82, 2.24) is 10.6 Å². The van der Waals surface area contributed by atoms with Gasteiger partial charge < -0.3 is 97.7 Å². The Hall–Kier alpha value is -1.84. The summed E-state index contributed by atoms with van der Waals surface area (Å²) in [6.07, 6.45) is -15.5. The van der Waals surface area contributed by atoms with E-state index in [2.05, 4.69) is 10.6 Å². The maximum absolute atomic E-state index is 12.5. The van der Waals surface area contributed by atoms with Crippen LogP contribution in [0.5, 0.6) is 0 Å². The zero-order valence-electron chi connectivity index (χ0n) is 31.2. The van der Waals surface area contributed by atoms with Gasteiger partial charge in [0.1, 0.15) is 68.7 Å². The first-order chi connectivity index (χ1) is 25.6. The van der Waals surface area contributed by atoms with Gasteiger partial charge in [-0.25, -0.2) is 4.79 Å². The number of amides is 2. The molecule has 0 bridgehead atoms. The Labute approximate surface area is 319 Å². The molecule has 12 N–H and O–H groups in total. The van der Waals surface area contributed by atoms with Crippen molar-refractivity contribution in [2.24, 2.45) is 0 Å². The Kier molecular flexibility index (Phi) is 21.1. The molecule has 2 heterocycles. The van der Waals surface area contributed by atoms with Gasteiger partial charge in [-0.15, -0.1) is 0 Å². The SMILES string of the molecule is CC(C)OC[C@H]1O[C@H](OC[C@H]2O[C@H](OC(C)C)[C@H](O)[C@@H](OCC(=O)NCCC[Si](O)(O)O)[C@@H]2OCC(=O)O)[C@H](O)[C@@H](OCC(=O)NCCC[Si](O)(O)O)[C@@H]1O. The van der Waals surface area contributed by atoms with Crippen molar-refractivity contribution in [2.75, 3.05) is 46.1 Å². The summed E-state index contributed by atoms with van der Waals surface area (Å²) in [5.74, 6) is -2.79. The molecule has 2 amide bonds. The monoisotopic (exact) mass is 838 g/mol. The standard InChI is InChI=1S/C30H58N2O21Si2/c1-16(2)46-11-18-23(37)27(47-13-20(33)31-7-5-9-54(40,41)42)24(38)29(52-18)50-12-19-26(49-15-22(35)36)28(25(39)30(53-19)51-17(3)4)48-14-21(34)32-8-6-10-55(43,44)45/h16-19,23-30,37-45H,5-15H2,1-4H3,(H,31,33)(H,32,34)(H,35,36)/t18-,19-,23-,24-,25-,26-,27+,28-,29+,30+/m1/s1. The predicted molar refractivity (Wildman–Crippen MR) is 185 cm³/mol. The van der Waals surface area contributed by atoms with E-state index in [1.807, 2.05) is 0 Å². The fourth-order valence-corrected chi connectivity index (χ4v) is 6.68. The second kappa shape index (κ2) is 23.5. The predicted octanol–water partition coefficient (Wildman–Crippen LogP) is -5.53. The number of carbonyl (C=O) groups is 3. The number of carbonyl (C=O) groups excluding carboxylic acids is 2. The van der Waals surface area contributed by atoms with Gasteiger partial charge in [0.05, 0.1) is 25.4 Å². The molecule has 10 atom stereocenters. The minimum Gasteiger partial charge on any atom is -0.480 e. The first kappa shape index (κ1) is 49.3. The highest BCUT2D eigenvalue weighted by Crippen LogP contribution is 2.30. The van der Waals surface area contributed by atoms with Crippen LogP contribution in [0.15, 0.2) is 0 Å². The highest BCUT2D eigenvalue weighted by atomic mass is 28.4. The maximum Gasteiger partial charge on any atom is 0.492 e.